The van der Waals surface area contributed by atoms with Gasteiger partial charge < -0.3 is 9.64 Å². The number of hydrogen-bond donors (Lipinski definition) is 1. The van der Waals surface area contributed by atoms with Gasteiger partial charge in [-0.25, -0.2) is 13.1 Å². The smallest absolute Gasteiger partial charge is 0.240 e. The summed E-state index contributed by atoms with van der Waals surface area (Å²) in [6, 6.07) is 6.43. The Hall–Kier alpha value is -1.11. The minimum absolute atomic E-state index is 0.272. The third kappa shape index (κ3) is 4.69. The van der Waals surface area contributed by atoms with Crippen molar-refractivity contribution in [1.82, 2.24) is 9.62 Å². The molecule has 1 fully saturated rings. The number of ether oxygens (including phenoxy) is 1. The quantitative estimate of drug-likeness (QED) is 0.868. The predicted molar refractivity (Wildman–Crippen MR) is 87.6 cm³/mol. The van der Waals surface area contributed by atoms with E-state index in [4.69, 9.17) is 4.74 Å². The lowest BCUT2D eigenvalue weighted by Gasteiger charge is -2.34. The van der Waals surface area contributed by atoms with Gasteiger partial charge in [0, 0.05) is 26.2 Å². The van der Waals surface area contributed by atoms with Crippen LogP contribution >= 0.6 is 0 Å². The van der Waals surface area contributed by atoms with Gasteiger partial charge in [0.05, 0.1) is 12.0 Å². The molecule has 22 heavy (non-hydrogen) atoms. The second kappa shape index (κ2) is 7.44. The van der Waals surface area contributed by atoms with Crippen molar-refractivity contribution in [2.24, 2.45) is 11.8 Å². The van der Waals surface area contributed by atoms with E-state index in [0.717, 1.165) is 19.6 Å². The van der Waals surface area contributed by atoms with E-state index in [1.165, 1.54) is 6.42 Å². The van der Waals surface area contributed by atoms with Crippen LogP contribution in [-0.4, -0.2) is 46.6 Å². The molecule has 2 rings (SSSR count). The highest BCUT2D eigenvalue weighted by molar-refractivity contribution is 7.89. The van der Waals surface area contributed by atoms with E-state index in [2.05, 4.69) is 23.5 Å². The van der Waals surface area contributed by atoms with Crippen LogP contribution in [0.15, 0.2) is 29.2 Å². The first-order valence-corrected chi connectivity index (χ1v) is 9.25. The van der Waals surface area contributed by atoms with Gasteiger partial charge in [0.25, 0.3) is 0 Å². The highest BCUT2D eigenvalue weighted by Gasteiger charge is 2.22. The lowest BCUT2D eigenvalue weighted by molar-refractivity contribution is 0.143. The van der Waals surface area contributed by atoms with Crippen LogP contribution < -0.4 is 9.46 Å². The van der Waals surface area contributed by atoms with E-state index in [9.17, 15) is 8.42 Å². The Morgan fingerprint density at radius 2 is 1.77 bits per heavy atom. The van der Waals surface area contributed by atoms with Crippen LogP contribution in [0.5, 0.6) is 5.75 Å². The number of nitrogens with zero attached hydrogens (tertiary/aromatic N) is 1. The first kappa shape index (κ1) is 17.2. The van der Waals surface area contributed by atoms with Crippen molar-refractivity contribution in [3.63, 3.8) is 0 Å². The largest absolute Gasteiger partial charge is 0.497 e. The Balaban J connectivity index is 1.86. The second-order valence-corrected chi connectivity index (χ2v) is 8.05. The molecule has 124 valence electrons. The molecule has 1 aromatic carbocycles. The molecular formula is C16H26N2O3S. The highest BCUT2D eigenvalue weighted by atomic mass is 32.2. The van der Waals surface area contributed by atoms with Crippen molar-refractivity contribution in [2.45, 2.75) is 25.2 Å². The third-order valence-corrected chi connectivity index (χ3v) is 5.51. The molecule has 0 aliphatic carbocycles. The number of nitrogens with one attached hydrogen (secondary N) is 1. The zero-order valence-electron chi connectivity index (χ0n) is 13.6. The lowest BCUT2D eigenvalue weighted by atomic mass is 9.92. The predicted octanol–water partition coefficient (Wildman–Crippen LogP) is 1.95. The number of likely N-dealkylation sites (tertiary alicyclic amines) is 1. The maximum Gasteiger partial charge on any atom is 0.240 e. The number of hydrogen-bond acceptors (Lipinski definition) is 4. The van der Waals surface area contributed by atoms with Crippen LogP contribution in [-0.2, 0) is 10.0 Å². The molecule has 0 bridgehead atoms. The second-order valence-electron chi connectivity index (χ2n) is 6.28. The van der Waals surface area contributed by atoms with Crippen LogP contribution in [0.3, 0.4) is 0 Å². The van der Waals surface area contributed by atoms with Crippen molar-refractivity contribution >= 4 is 10.0 Å². The van der Waals surface area contributed by atoms with Gasteiger partial charge in [0.2, 0.25) is 10.0 Å². The van der Waals surface area contributed by atoms with E-state index in [0.29, 0.717) is 24.1 Å². The monoisotopic (exact) mass is 326 g/mol. The zero-order valence-corrected chi connectivity index (χ0v) is 14.4. The normalized spacial score (nSPS) is 23.4. The van der Waals surface area contributed by atoms with Gasteiger partial charge in [-0.2, -0.15) is 0 Å². The highest BCUT2D eigenvalue weighted by Crippen LogP contribution is 2.20. The van der Waals surface area contributed by atoms with Crippen molar-refractivity contribution in [1.29, 1.82) is 0 Å². The van der Waals surface area contributed by atoms with Crippen LogP contribution in [0.25, 0.3) is 0 Å². The van der Waals surface area contributed by atoms with Crippen molar-refractivity contribution in [3.8, 4) is 5.75 Å². The number of sulfonamides is 1. The van der Waals surface area contributed by atoms with Gasteiger partial charge in [-0.3, -0.25) is 0 Å². The minimum atomic E-state index is -3.45. The molecule has 0 amide bonds. The fourth-order valence-corrected chi connectivity index (χ4v) is 4.17. The van der Waals surface area contributed by atoms with E-state index in [1.807, 2.05) is 0 Å². The Kier molecular flexibility index (Phi) is 5.83. The average Bonchev–Trinajstić information content (AvgIpc) is 2.46. The van der Waals surface area contributed by atoms with Crippen molar-refractivity contribution < 1.29 is 13.2 Å². The first-order valence-electron chi connectivity index (χ1n) is 7.77. The Morgan fingerprint density at radius 1 is 1.18 bits per heavy atom. The number of piperidine rings is 1. The molecule has 5 nitrogen and oxygen atoms in total. The van der Waals surface area contributed by atoms with E-state index in [1.54, 1.807) is 31.4 Å². The summed E-state index contributed by atoms with van der Waals surface area (Å²) in [4.78, 5) is 2.61. The minimum Gasteiger partial charge on any atom is -0.497 e. The summed E-state index contributed by atoms with van der Waals surface area (Å²) in [5, 5.41) is 0. The SMILES string of the molecule is COc1ccc(S(=O)(=O)NCCN2CC(C)CC(C)C2)cc1. The maximum absolute atomic E-state index is 12.2. The molecule has 1 saturated heterocycles. The van der Waals surface area contributed by atoms with Gasteiger partial charge >= 0.3 is 0 Å². The molecule has 1 aromatic rings. The van der Waals surface area contributed by atoms with Crippen molar-refractivity contribution in [2.75, 3.05) is 33.3 Å². The van der Waals surface area contributed by atoms with E-state index >= 15 is 0 Å². The molecule has 1 heterocycles. The van der Waals surface area contributed by atoms with E-state index < -0.39 is 10.0 Å². The van der Waals surface area contributed by atoms with Crippen LogP contribution in [0, 0.1) is 11.8 Å². The topological polar surface area (TPSA) is 58.6 Å². The molecular weight excluding hydrogens is 300 g/mol. The number of benzene rings is 1. The van der Waals surface area contributed by atoms with Crippen molar-refractivity contribution in [3.05, 3.63) is 24.3 Å². The fraction of sp³-hybridized carbons (Fsp3) is 0.625. The maximum atomic E-state index is 12.2. The Labute approximate surface area is 133 Å². The molecule has 0 spiro atoms. The van der Waals surface area contributed by atoms with Gasteiger partial charge in [-0.05, 0) is 42.5 Å². The molecule has 2 unspecified atom stereocenters. The van der Waals surface area contributed by atoms with Gasteiger partial charge in [0.15, 0.2) is 0 Å². The van der Waals surface area contributed by atoms with E-state index in [-0.39, 0.29) is 4.90 Å². The lowest BCUT2D eigenvalue weighted by Crippen LogP contribution is -2.42. The Bertz CT molecular complexity index is 562. The molecule has 0 aromatic heterocycles. The standard InChI is InChI=1S/C16H26N2O3S/c1-13-10-14(2)12-18(11-13)9-8-17-22(19,20)16-6-4-15(21-3)5-7-16/h4-7,13-14,17H,8-12H2,1-3H3. The first-order chi connectivity index (χ1) is 10.4. The number of methoxy groups -OCH3 is 1. The van der Waals surface area contributed by atoms with Gasteiger partial charge in [-0.1, -0.05) is 13.8 Å². The summed E-state index contributed by atoms with van der Waals surface area (Å²) < 4.78 is 32.2. The summed E-state index contributed by atoms with van der Waals surface area (Å²) >= 11 is 0. The van der Waals surface area contributed by atoms with Crippen LogP contribution in [0.2, 0.25) is 0 Å². The zero-order chi connectivity index (χ0) is 16.2. The van der Waals surface area contributed by atoms with Gasteiger partial charge in [-0.15, -0.1) is 0 Å². The molecule has 1 aliphatic heterocycles. The molecule has 0 saturated carbocycles. The molecule has 1 N–H and O–H groups in total. The summed E-state index contributed by atoms with van der Waals surface area (Å²) in [7, 11) is -1.89. The molecule has 2 atom stereocenters. The third-order valence-electron chi connectivity index (χ3n) is 4.03. The summed E-state index contributed by atoms with van der Waals surface area (Å²) in [6.45, 7) is 7.80. The van der Waals surface area contributed by atoms with Crippen LogP contribution in [0.1, 0.15) is 20.3 Å². The summed E-state index contributed by atoms with van der Waals surface area (Å²) in [5.41, 5.74) is 0. The number of rotatable bonds is 6. The Morgan fingerprint density at radius 3 is 2.32 bits per heavy atom. The fourth-order valence-electron chi connectivity index (χ4n) is 3.15. The molecule has 0 radical (unpaired) electrons. The molecule has 6 heteroatoms. The van der Waals surface area contributed by atoms with Gasteiger partial charge in [0.1, 0.15) is 5.75 Å². The summed E-state index contributed by atoms with van der Waals surface area (Å²) in [6.07, 6.45) is 1.26. The molecule has 1 aliphatic rings. The average molecular weight is 326 g/mol. The summed E-state index contributed by atoms with van der Waals surface area (Å²) in [5.74, 6) is 2.01. The van der Waals surface area contributed by atoms with Crippen LogP contribution in [0.4, 0.5) is 0 Å².